The maximum atomic E-state index is 13.3. The van der Waals surface area contributed by atoms with Crippen LogP contribution in [0.4, 0.5) is 28.9 Å². The zero-order valence-corrected chi connectivity index (χ0v) is 18.6. The van der Waals surface area contributed by atoms with Crippen molar-refractivity contribution in [3.05, 3.63) is 88.7 Å². The summed E-state index contributed by atoms with van der Waals surface area (Å²) >= 11 is 5.65. The third-order valence-corrected chi connectivity index (χ3v) is 6.60. The molecule has 0 saturated carbocycles. The molecule has 5 nitrogen and oxygen atoms in total. The number of sulfonamides is 1. The number of hydrogen-bond acceptors (Lipinski definition) is 3. The van der Waals surface area contributed by atoms with Gasteiger partial charge in [0.25, 0.3) is 10.0 Å². The lowest BCUT2D eigenvalue weighted by molar-refractivity contribution is -0.137. The van der Waals surface area contributed by atoms with Crippen LogP contribution >= 0.6 is 11.6 Å². The molecule has 174 valence electrons. The first-order valence-corrected chi connectivity index (χ1v) is 11.2. The van der Waals surface area contributed by atoms with Gasteiger partial charge in [0.05, 0.1) is 21.8 Å². The second-order valence-electron chi connectivity index (χ2n) is 7.04. The summed E-state index contributed by atoms with van der Waals surface area (Å²) in [6.45, 7) is 0.942. The van der Waals surface area contributed by atoms with Gasteiger partial charge in [0.15, 0.2) is 0 Å². The van der Waals surface area contributed by atoms with E-state index in [9.17, 15) is 30.8 Å². The molecule has 0 aliphatic rings. The van der Waals surface area contributed by atoms with Crippen LogP contribution in [0, 0.1) is 12.7 Å². The minimum Gasteiger partial charge on any atom is -0.324 e. The molecule has 0 bridgehead atoms. The number of nitrogens with zero attached hydrogens (tertiary/aromatic N) is 1. The minimum atomic E-state index is -4.80. The fourth-order valence-corrected chi connectivity index (χ4v) is 4.53. The average Bonchev–Trinajstić information content (AvgIpc) is 2.73. The normalized spacial score (nSPS) is 11.8. The van der Waals surface area contributed by atoms with E-state index in [-0.39, 0.29) is 15.6 Å². The van der Waals surface area contributed by atoms with E-state index < -0.39 is 45.7 Å². The van der Waals surface area contributed by atoms with Crippen molar-refractivity contribution in [2.45, 2.75) is 18.0 Å². The van der Waals surface area contributed by atoms with E-state index in [0.717, 1.165) is 40.2 Å². The summed E-state index contributed by atoms with van der Waals surface area (Å²) in [4.78, 5) is 12.4. The number of alkyl halides is 3. The van der Waals surface area contributed by atoms with Crippen LogP contribution in [-0.2, 0) is 21.0 Å². The first-order valence-electron chi connectivity index (χ1n) is 9.39. The molecule has 1 amide bonds. The summed E-state index contributed by atoms with van der Waals surface area (Å²) in [5, 5.41) is 1.92. The molecule has 1 N–H and O–H groups in total. The van der Waals surface area contributed by atoms with E-state index in [1.165, 1.54) is 18.2 Å². The fourth-order valence-electron chi connectivity index (χ4n) is 2.94. The number of hydrogen-bond donors (Lipinski definition) is 1. The zero-order valence-electron chi connectivity index (χ0n) is 17.0. The molecule has 0 saturated heterocycles. The highest BCUT2D eigenvalue weighted by Gasteiger charge is 2.35. The molecule has 0 radical (unpaired) electrons. The standard InChI is InChI=1S/C22H17ClF4N2O3S/c1-14-2-7-17(8-3-14)29(33(31,32)18-9-5-16(24)6-10-18)13-21(30)28-20-11-4-15(23)12-19(20)22(25,26)27/h2-12H,13H2,1H3,(H,28,30). The van der Waals surface area contributed by atoms with E-state index >= 15 is 0 Å². The van der Waals surface area contributed by atoms with Gasteiger partial charge in [-0.25, -0.2) is 12.8 Å². The van der Waals surface area contributed by atoms with Gasteiger partial charge in [-0.1, -0.05) is 29.3 Å². The van der Waals surface area contributed by atoms with Crippen molar-refractivity contribution < 1.29 is 30.8 Å². The number of benzene rings is 3. The molecule has 3 aromatic carbocycles. The average molecular weight is 501 g/mol. The topological polar surface area (TPSA) is 66.5 Å². The second kappa shape index (κ2) is 9.40. The van der Waals surface area contributed by atoms with Gasteiger partial charge in [0.2, 0.25) is 5.91 Å². The van der Waals surface area contributed by atoms with Crippen molar-refractivity contribution in [1.82, 2.24) is 0 Å². The second-order valence-corrected chi connectivity index (χ2v) is 9.34. The van der Waals surface area contributed by atoms with Gasteiger partial charge in [-0.15, -0.1) is 0 Å². The van der Waals surface area contributed by atoms with Gasteiger partial charge < -0.3 is 5.32 Å². The molecule has 0 atom stereocenters. The number of halogens is 5. The maximum Gasteiger partial charge on any atom is 0.418 e. The maximum absolute atomic E-state index is 13.3. The van der Waals surface area contributed by atoms with Crippen molar-refractivity contribution in [1.29, 1.82) is 0 Å². The summed E-state index contributed by atoms with van der Waals surface area (Å²) in [6.07, 6.45) is -4.80. The zero-order chi connectivity index (χ0) is 24.4. The molecule has 3 rings (SSSR count). The van der Waals surface area contributed by atoms with Crippen LogP contribution in [0.3, 0.4) is 0 Å². The number of amides is 1. The van der Waals surface area contributed by atoms with Crippen molar-refractivity contribution in [3.63, 3.8) is 0 Å². The SMILES string of the molecule is Cc1ccc(N(CC(=O)Nc2ccc(Cl)cc2C(F)(F)F)S(=O)(=O)c2ccc(F)cc2)cc1. The number of aryl methyl sites for hydroxylation is 1. The summed E-state index contributed by atoms with van der Waals surface area (Å²) in [5.74, 6) is -1.68. The Morgan fingerprint density at radius 2 is 1.61 bits per heavy atom. The molecule has 0 aliphatic carbocycles. The molecule has 3 aromatic rings. The van der Waals surface area contributed by atoms with Gasteiger partial charge in [0.1, 0.15) is 12.4 Å². The summed E-state index contributed by atoms with van der Waals surface area (Å²) in [5.41, 5.74) is -0.822. The lowest BCUT2D eigenvalue weighted by Crippen LogP contribution is -2.38. The summed E-state index contributed by atoms with van der Waals surface area (Å²) in [6, 6.07) is 12.9. The molecule has 0 heterocycles. The number of carbonyl (C=O) groups excluding carboxylic acids is 1. The largest absolute Gasteiger partial charge is 0.418 e. The van der Waals surface area contributed by atoms with E-state index in [0.29, 0.717) is 6.07 Å². The van der Waals surface area contributed by atoms with Crippen LogP contribution in [-0.4, -0.2) is 20.9 Å². The van der Waals surface area contributed by atoms with Crippen LogP contribution < -0.4 is 9.62 Å². The Morgan fingerprint density at radius 3 is 2.18 bits per heavy atom. The van der Waals surface area contributed by atoms with Gasteiger partial charge >= 0.3 is 6.18 Å². The Hall–Kier alpha value is -3.11. The Kier molecular flexibility index (Phi) is 6.99. The molecule has 0 aromatic heterocycles. The monoisotopic (exact) mass is 500 g/mol. The minimum absolute atomic E-state index is 0.104. The van der Waals surface area contributed by atoms with Gasteiger partial charge in [0, 0.05) is 5.02 Å². The van der Waals surface area contributed by atoms with Gasteiger partial charge in [-0.2, -0.15) is 13.2 Å². The van der Waals surface area contributed by atoms with E-state index in [1.54, 1.807) is 19.1 Å². The highest BCUT2D eigenvalue weighted by Crippen LogP contribution is 2.36. The highest BCUT2D eigenvalue weighted by molar-refractivity contribution is 7.92. The smallest absolute Gasteiger partial charge is 0.324 e. The molecule has 0 unspecified atom stereocenters. The van der Waals surface area contributed by atoms with Crippen molar-refractivity contribution in [2.75, 3.05) is 16.2 Å². The van der Waals surface area contributed by atoms with Gasteiger partial charge in [-0.3, -0.25) is 9.10 Å². The Balaban J connectivity index is 1.97. The lowest BCUT2D eigenvalue weighted by Gasteiger charge is -2.24. The number of rotatable bonds is 6. The molecule has 0 spiro atoms. The first-order chi connectivity index (χ1) is 15.4. The molecule has 11 heteroatoms. The van der Waals surface area contributed by atoms with Crippen molar-refractivity contribution in [2.24, 2.45) is 0 Å². The highest BCUT2D eigenvalue weighted by atomic mass is 35.5. The Morgan fingerprint density at radius 1 is 1.00 bits per heavy atom. The van der Waals surface area contributed by atoms with Crippen molar-refractivity contribution >= 4 is 38.9 Å². The van der Waals surface area contributed by atoms with Crippen molar-refractivity contribution in [3.8, 4) is 0 Å². The summed E-state index contributed by atoms with van der Waals surface area (Å²) in [7, 11) is -4.35. The first kappa shape index (κ1) is 24.5. The van der Waals surface area contributed by atoms with Crippen LogP contribution in [0.1, 0.15) is 11.1 Å². The predicted molar refractivity (Wildman–Crippen MR) is 117 cm³/mol. The quantitative estimate of drug-likeness (QED) is 0.445. The Bertz CT molecular complexity index is 1260. The third kappa shape index (κ3) is 5.82. The molecular weight excluding hydrogens is 484 g/mol. The Labute approximate surface area is 192 Å². The predicted octanol–water partition coefficient (Wildman–Crippen LogP) is 5.64. The van der Waals surface area contributed by atoms with Crippen LogP contribution in [0.5, 0.6) is 0 Å². The lowest BCUT2D eigenvalue weighted by atomic mass is 10.1. The fraction of sp³-hybridized carbons (Fsp3) is 0.136. The molecule has 0 aliphatic heterocycles. The van der Waals surface area contributed by atoms with E-state index in [2.05, 4.69) is 5.32 Å². The molecular formula is C22H17ClF4N2O3S. The van der Waals surface area contributed by atoms with E-state index in [1.807, 2.05) is 0 Å². The van der Waals surface area contributed by atoms with E-state index in [4.69, 9.17) is 11.6 Å². The molecule has 0 fully saturated rings. The van der Waals surface area contributed by atoms with Gasteiger partial charge in [-0.05, 0) is 61.5 Å². The number of carbonyl (C=O) groups is 1. The number of anilines is 2. The third-order valence-electron chi connectivity index (χ3n) is 4.57. The van der Waals surface area contributed by atoms with Crippen LogP contribution in [0.25, 0.3) is 0 Å². The summed E-state index contributed by atoms with van der Waals surface area (Å²) < 4.78 is 80.5. The molecule has 33 heavy (non-hydrogen) atoms. The van der Waals surface area contributed by atoms with Crippen LogP contribution in [0.15, 0.2) is 71.6 Å². The van der Waals surface area contributed by atoms with Crippen LogP contribution in [0.2, 0.25) is 5.02 Å². The number of nitrogens with one attached hydrogen (secondary N) is 1.